The fraction of sp³-hybridized carbons (Fsp3) is 0.471. The van der Waals surface area contributed by atoms with Crippen LogP contribution in [0.5, 0.6) is 5.75 Å². The normalized spacial score (nSPS) is 20.9. The van der Waals surface area contributed by atoms with Gasteiger partial charge in [-0.25, -0.2) is 0 Å². The maximum atomic E-state index is 12.4. The number of rotatable bonds is 5. The zero-order valence-electron chi connectivity index (χ0n) is 13.5. The molecule has 5 heteroatoms. The van der Waals surface area contributed by atoms with Gasteiger partial charge in [-0.3, -0.25) is 4.79 Å². The molecule has 0 bridgehead atoms. The summed E-state index contributed by atoms with van der Waals surface area (Å²) in [6, 6.07) is 7.74. The quantitative estimate of drug-likeness (QED) is 0.785. The van der Waals surface area contributed by atoms with Gasteiger partial charge in [-0.05, 0) is 38.0 Å². The molecule has 1 aliphatic heterocycles. The number of hydrogen-bond acceptors (Lipinski definition) is 5. The number of carbonyl (C=O) groups is 1. The molecule has 0 fully saturated rings. The molecule has 1 heterocycles. The van der Waals surface area contributed by atoms with E-state index < -0.39 is 5.92 Å². The van der Waals surface area contributed by atoms with Gasteiger partial charge in [0, 0.05) is 11.6 Å². The molecular weight excluding hydrogens is 280 g/mol. The average molecular weight is 302 g/mol. The first-order valence-electron chi connectivity index (χ1n) is 7.53. The van der Waals surface area contributed by atoms with E-state index in [1.165, 1.54) is 0 Å². The lowest BCUT2D eigenvalue weighted by atomic mass is 9.78. The molecule has 5 nitrogen and oxygen atoms in total. The van der Waals surface area contributed by atoms with Gasteiger partial charge in [0.15, 0.2) is 0 Å². The van der Waals surface area contributed by atoms with Gasteiger partial charge >= 0.3 is 5.97 Å². The molecule has 0 amide bonds. The van der Waals surface area contributed by atoms with Crippen LogP contribution in [0, 0.1) is 5.92 Å². The lowest BCUT2D eigenvalue weighted by molar-refractivity contribution is -0.145. The molecule has 0 aliphatic carbocycles. The molecule has 2 rings (SSSR count). The topological polar surface area (TPSA) is 60.2 Å². The maximum absolute atomic E-state index is 12.4. The van der Waals surface area contributed by atoms with Crippen molar-refractivity contribution in [1.29, 1.82) is 0 Å². The minimum absolute atomic E-state index is 0.156. The van der Waals surface area contributed by atoms with Crippen LogP contribution >= 0.6 is 0 Å². The zero-order valence-corrected chi connectivity index (χ0v) is 13.5. The standard InChI is InChI=1S/C17H22N2O3/c1-5-14-16(12-8-7-9-13(10-12)21-4)15(11(3)18-19-14)17(20)22-6-2/h7-10,15-16H,5-6H2,1-4H3. The van der Waals surface area contributed by atoms with Crippen molar-refractivity contribution < 1.29 is 14.3 Å². The van der Waals surface area contributed by atoms with Crippen molar-refractivity contribution in [3.8, 4) is 5.75 Å². The summed E-state index contributed by atoms with van der Waals surface area (Å²) in [5, 5.41) is 8.45. The Morgan fingerprint density at radius 1 is 1.27 bits per heavy atom. The molecular formula is C17H22N2O3. The van der Waals surface area contributed by atoms with Crippen LogP contribution in [0.3, 0.4) is 0 Å². The van der Waals surface area contributed by atoms with E-state index in [0.29, 0.717) is 12.3 Å². The molecule has 2 unspecified atom stereocenters. The smallest absolute Gasteiger partial charge is 0.315 e. The van der Waals surface area contributed by atoms with E-state index in [1.807, 2.05) is 45.0 Å². The lowest BCUT2D eigenvalue weighted by Crippen LogP contribution is -2.36. The van der Waals surface area contributed by atoms with Crippen LogP contribution in [0.25, 0.3) is 0 Å². The fourth-order valence-corrected chi connectivity index (χ4v) is 2.75. The van der Waals surface area contributed by atoms with Crippen molar-refractivity contribution in [3.05, 3.63) is 29.8 Å². The van der Waals surface area contributed by atoms with Gasteiger partial charge in [-0.15, -0.1) is 0 Å². The molecule has 1 aliphatic rings. The highest BCUT2D eigenvalue weighted by atomic mass is 16.5. The molecule has 118 valence electrons. The third-order valence-electron chi connectivity index (χ3n) is 3.83. The van der Waals surface area contributed by atoms with E-state index in [1.54, 1.807) is 7.11 Å². The molecule has 0 N–H and O–H groups in total. The summed E-state index contributed by atoms with van der Waals surface area (Å²) in [5.74, 6) is -0.0793. The fourth-order valence-electron chi connectivity index (χ4n) is 2.75. The average Bonchev–Trinajstić information content (AvgIpc) is 2.54. The minimum Gasteiger partial charge on any atom is -0.497 e. The van der Waals surface area contributed by atoms with Crippen molar-refractivity contribution >= 4 is 17.4 Å². The van der Waals surface area contributed by atoms with Crippen LogP contribution in [0.15, 0.2) is 34.5 Å². The van der Waals surface area contributed by atoms with Crippen LogP contribution in [0.1, 0.15) is 38.7 Å². The Hall–Kier alpha value is -2.17. The molecule has 22 heavy (non-hydrogen) atoms. The van der Waals surface area contributed by atoms with E-state index in [0.717, 1.165) is 23.4 Å². The summed E-state index contributed by atoms with van der Waals surface area (Å²) in [6.45, 7) is 6.00. The number of methoxy groups -OCH3 is 1. The molecule has 1 aromatic carbocycles. The summed E-state index contributed by atoms with van der Waals surface area (Å²) >= 11 is 0. The summed E-state index contributed by atoms with van der Waals surface area (Å²) in [4.78, 5) is 12.4. The van der Waals surface area contributed by atoms with E-state index in [4.69, 9.17) is 9.47 Å². The number of esters is 1. The molecule has 0 radical (unpaired) electrons. The third kappa shape index (κ3) is 3.18. The monoisotopic (exact) mass is 302 g/mol. The number of carbonyl (C=O) groups excluding carboxylic acids is 1. The van der Waals surface area contributed by atoms with E-state index in [2.05, 4.69) is 10.2 Å². The van der Waals surface area contributed by atoms with Crippen molar-refractivity contribution in [2.45, 2.75) is 33.1 Å². The summed E-state index contributed by atoms with van der Waals surface area (Å²) < 4.78 is 10.5. The number of ether oxygens (including phenoxy) is 2. The minimum atomic E-state index is -0.431. The van der Waals surface area contributed by atoms with Crippen LogP contribution in [-0.4, -0.2) is 31.1 Å². The van der Waals surface area contributed by atoms with Gasteiger partial charge in [0.05, 0.1) is 19.4 Å². The Balaban J connectivity index is 2.47. The Morgan fingerprint density at radius 2 is 2.05 bits per heavy atom. The van der Waals surface area contributed by atoms with E-state index in [-0.39, 0.29) is 11.9 Å². The van der Waals surface area contributed by atoms with E-state index in [9.17, 15) is 4.79 Å². The predicted octanol–water partition coefficient (Wildman–Crippen LogP) is 3.20. The van der Waals surface area contributed by atoms with Crippen molar-refractivity contribution in [1.82, 2.24) is 0 Å². The van der Waals surface area contributed by atoms with Crippen molar-refractivity contribution in [2.24, 2.45) is 16.1 Å². The first-order chi connectivity index (χ1) is 10.6. The van der Waals surface area contributed by atoms with Crippen molar-refractivity contribution in [2.75, 3.05) is 13.7 Å². The largest absolute Gasteiger partial charge is 0.497 e. The predicted molar refractivity (Wildman–Crippen MR) is 86.7 cm³/mol. The van der Waals surface area contributed by atoms with Crippen molar-refractivity contribution in [3.63, 3.8) is 0 Å². The third-order valence-corrected chi connectivity index (χ3v) is 3.83. The second-order valence-electron chi connectivity index (χ2n) is 5.17. The highest BCUT2D eigenvalue weighted by Gasteiger charge is 2.38. The van der Waals surface area contributed by atoms with Gasteiger partial charge in [0.2, 0.25) is 0 Å². The van der Waals surface area contributed by atoms with Gasteiger partial charge in [-0.2, -0.15) is 10.2 Å². The van der Waals surface area contributed by atoms with Gasteiger partial charge < -0.3 is 9.47 Å². The second-order valence-corrected chi connectivity index (χ2v) is 5.17. The molecule has 1 aromatic rings. The van der Waals surface area contributed by atoms with Crippen LogP contribution in [0.2, 0.25) is 0 Å². The second kappa shape index (κ2) is 7.20. The zero-order chi connectivity index (χ0) is 16.1. The summed E-state index contributed by atoms with van der Waals surface area (Å²) in [5.41, 5.74) is 2.56. The van der Waals surface area contributed by atoms with Gasteiger partial charge in [-0.1, -0.05) is 19.1 Å². The molecule has 2 atom stereocenters. The SMILES string of the molecule is CCOC(=O)C1C(C)=NN=C(CC)C1c1cccc(OC)c1. The van der Waals surface area contributed by atoms with Gasteiger partial charge in [0.25, 0.3) is 0 Å². The lowest BCUT2D eigenvalue weighted by Gasteiger charge is -2.29. The molecule has 0 saturated heterocycles. The van der Waals surface area contributed by atoms with Crippen LogP contribution in [0.4, 0.5) is 0 Å². The Labute approximate surface area is 131 Å². The molecule has 0 spiro atoms. The Kier molecular flexibility index (Phi) is 5.31. The molecule has 0 aromatic heterocycles. The Bertz CT molecular complexity index is 608. The first kappa shape index (κ1) is 16.2. The number of benzene rings is 1. The van der Waals surface area contributed by atoms with Crippen LogP contribution < -0.4 is 4.74 Å². The summed E-state index contributed by atoms with van der Waals surface area (Å²) in [6.07, 6.45) is 0.731. The maximum Gasteiger partial charge on any atom is 0.315 e. The highest BCUT2D eigenvalue weighted by Crippen LogP contribution is 2.34. The summed E-state index contributed by atoms with van der Waals surface area (Å²) in [7, 11) is 1.63. The first-order valence-corrected chi connectivity index (χ1v) is 7.53. The number of nitrogens with zero attached hydrogens (tertiary/aromatic N) is 2. The van der Waals surface area contributed by atoms with Crippen LogP contribution in [-0.2, 0) is 9.53 Å². The number of hydrogen-bond donors (Lipinski definition) is 0. The molecule has 0 saturated carbocycles. The van der Waals surface area contributed by atoms with Gasteiger partial charge in [0.1, 0.15) is 11.7 Å². The highest BCUT2D eigenvalue weighted by molar-refractivity contribution is 6.10. The van der Waals surface area contributed by atoms with E-state index >= 15 is 0 Å². The Morgan fingerprint density at radius 3 is 2.68 bits per heavy atom.